The second-order valence-corrected chi connectivity index (χ2v) is 8.54. The summed E-state index contributed by atoms with van der Waals surface area (Å²) in [5.74, 6) is -0.243. The maximum absolute atomic E-state index is 12.4. The fraction of sp³-hybridized carbons (Fsp3) is 0.400. The predicted octanol–water partition coefficient (Wildman–Crippen LogP) is 4.17. The van der Waals surface area contributed by atoms with Crippen molar-refractivity contribution in [1.82, 2.24) is 10.2 Å². The summed E-state index contributed by atoms with van der Waals surface area (Å²) in [5.41, 5.74) is 1.44. The first-order valence-electron chi connectivity index (χ1n) is 8.65. The van der Waals surface area contributed by atoms with Gasteiger partial charge >= 0.3 is 0 Å². The molecule has 0 fully saturated rings. The highest BCUT2D eigenvalue weighted by molar-refractivity contribution is 7.10. The standard InChI is InChI=1S/C20H22ClN3OS/c1-20(2,13-22)19(25)23-11-17(14-3-5-16(21)6-4-14)24-9-7-18-15(12-24)8-10-26-18/h3-6,8,10,17H,7,9,11-12H2,1-2H3,(H,23,25). The minimum atomic E-state index is -1.03. The molecule has 1 amide bonds. The van der Waals surface area contributed by atoms with Gasteiger partial charge in [0, 0.05) is 29.5 Å². The second-order valence-electron chi connectivity index (χ2n) is 7.10. The third-order valence-electron chi connectivity index (χ3n) is 4.84. The summed E-state index contributed by atoms with van der Waals surface area (Å²) in [4.78, 5) is 16.2. The summed E-state index contributed by atoms with van der Waals surface area (Å²) >= 11 is 7.85. The molecule has 3 rings (SSSR count). The number of halogens is 1. The van der Waals surface area contributed by atoms with Crippen molar-refractivity contribution in [3.05, 3.63) is 56.7 Å². The number of rotatable bonds is 5. The van der Waals surface area contributed by atoms with Gasteiger partial charge in [0.05, 0.1) is 12.1 Å². The van der Waals surface area contributed by atoms with Crippen LogP contribution in [0.3, 0.4) is 0 Å². The average Bonchev–Trinajstić information content (AvgIpc) is 3.11. The highest BCUT2D eigenvalue weighted by Crippen LogP contribution is 2.31. The van der Waals surface area contributed by atoms with Crippen LogP contribution in [0.2, 0.25) is 5.02 Å². The Bertz CT molecular complexity index is 822. The van der Waals surface area contributed by atoms with Crippen molar-refractivity contribution in [3.8, 4) is 6.07 Å². The van der Waals surface area contributed by atoms with E-state index in [2.05, 4.69) is 27.7 Å². The van der Waals surface area contributed by atoms with Crippen molar-refractivity contribution in [1.29, 1.82) is 5.26 Å². The summed E-state index contributed by atoms with van der Waals surface area (Å²) in [6.45, 7) is 5.54. The molecule has 4 nitrogen and oxygen atoms in total. The molecule has 26 heavy (non-hydrogen) atoms. The molecule has 1 unspecified atom stereocenters. The van der Waals surface area contributed by atoms with Gasteiger partial charge in [-0.25, -0.2) is 0 Å². The molecule has 1 aliphatic heterocycles. The molecule has 0 radical (unpaired) electrons. The normalized spacial score (nSPS) is 15.8. The molecule has 1 N–H and O–H groups in total. The highest BCUT2D eigenvalue weighted by atomic mass is 35.5. The molecule has 0 aliphatic carbocycles. The first-order valence-corrected chi connectivity index (χ1v) is 9.91. The highest BCUT2D eigenvalue weighted by Gasteiger charge is 2.30. The number of benzene rings is 1. The molecule has 1 aromatic heterocycles. The van der Waals surface area contributed by atoms with E-state index in [0.29, 0.717) is 11.6 Å². The molecule has 0 saturated heterocycles. The number of nitrogens with zero attached hydrogens (tertiary/aromatic N) is 2. The van der Waals surface area contributed by atoms with Gasteiger partial charge in [-0.05, 0) is 55.0 Å². The molecule has 0 saturated carbocycles. The summed E-state index contributed by atoms with van der Waals surface area (Å²) in [6, 6.07) is 12.1. The zero-order valence-electron chi connectivity index (χ0n) is 15.0. The average molecular weight is 388 g/mol. The van der Waals surface area contributed by atoms with E-state index in [4.69, 9.17) is 11.6 Å². The Balaban J connectivity index is 1.80. The number of thiophene rings is 1. The van der Waals surface area contributed by atoms with E-state index in [1.165, 1.54) is 10.4 Å². The largest absolute Gasteiger partial charge is 0.353 e. The Morgan fingerprint density at radius 1 is 1.38 bits per heavy atom. The van der Waals surface area contributed by atoms with Crippen LogP contribution >= 0.6 is 22.9 Å². The van der Waals surface area contributed by atoms with E-state index in [-0.39, 0.29) is 11.9 Å². The molecule has 1 atom stereocenters. The molecule has 2 aromatic rings. The third-order valence-corrected chi connectivity index (χ3v) is 6.11. The molecular formula is C20H22ClN3OS. The summed E-state index contributed by atoms with van der Waals surface area (Å²) in [5, 5.41) is 15.0. The topological polar surface area (TPSA) is 56.1 Å². The van der Waals surface area contributed by atoms with Gasteiger partial charge in [0.25, 0.3) is 0 Å². The monoisotopic (exact) mass is 387 g/mol. The minimum absolute atomic E-state index is 0.0405. The molecule has 136 valence electrons. The van der Waals surface area contributed by atoms with Crippen molar-refractivity contribution in [2.75, 3.05) is 13.1 Å². The number of carbonyl (C=O) groups is 1. The Morgan fingerprint density at radius 2 is 2.12 bits per heavy atom. The first-order chi connectivity index (χ1) is 12.4. The summed E-state index contributed by atoms with van der Waals surface area (Å²) in [7, 11) is 0. The fourth-order valence-electron chi connectivity index (χ4n) is 3.14. The van der Waals surface area contributed by atoms with Crippen LogP contribution in [0, 0.1) is 16.7 Å². The molecule has 0 bridgehead atoms. The Kier molecular flexibility index (Phi) is 5.67. The summed E-state index contributed by atoms with van der Waals surface area (Å²) in [6.07, 6.45) is 1.02. The molecule has 0 spiro atoms. The van der Waals surface area contributed by atoms with Gasteiger partial charge in [-0.2, -0.15) is 5.26 Å². The zero-order valence-corrected chi connectivity index (χ0v) is 16.5. The zero-order chi connectivity index (χ0) is 18.7. The van der Waals surface area contributed by atoms with E-state index in [9.17, 15) is 10.1 Å². The number of hydrogen-bond acceptors (Lipinski definition) is 4. The van der Waals surface area contributed by atoms with E-state index in [1.54, 1.807) is 13.8 Å². The Morgan fingerprint density at radius 3 is 2.81 bits per heavy atom. The van der Waals surface area contributed by atoms with Gasteiger partial charge in [0.2, 0.25) is 5.91 Å². The van der Waals surface area contributed by atoms with Crippen molar-refractivity contribution in [3.63, 3.8) is 0 Å². The third kappa shape index (κ3) is 4.09. The van der Waals surface area contributed by atoms with Crippen LogP contribution < -0.4 is 5.32 Å². The lowest BCUT2D eigenvalue weighted by Gasteiger charge is -2.35. The second kappa shape index (κ2) is 7.79. The SMILES string of the molecule is CC(C)(C#N)C(=O)NCC(c1ccc(Cl)cc1)N1CCc2sccc2C1. The first kappa shape index (κ1) is 18.9. The van der Waals surface area contributed by atoms with Gasteiger partial charge < -0.3 is 5.32 Å². The number of nitriles is 1. The fourth-order valence-corrected chi connectivity index (χ4v) is 4.16. The molecule has 1 aromatic carbocycles. The number of hydrogen-bond donors (Lipinski definition) is 1. The number of carbonyl (C=O) groups excluding carboxylic acids is 1. The minimum Gasteiger partial charge on any atom is -0.353 e. The maximum atomic E-state index is 12.4. The van der Waals surface area contributed by atoms with Crippen molar-refractivity contribution >= 4 is 28.8 Å². The van der Waals surface area contributed by atoms with Crippen LogP contribution in [0.25, 0.3) is 0 Å². The van der Waals surface area contributed by atoms with Crippen LogP contribution in [0.4, 0.5) is 0 Å². The molecule has 2 heterocycles. The van der Waals surface area contributed by atoms with Crippen LogP contribution in [0.15, 0.2) is 35.7 Å². The van der Waals surface area contributed by atoms with E-state index < -0.39 is 5.41 Å². The van der Waals surface area contributed by atoms with Crippen LogP contribution in [0.1, 0.15) is 35.9 Å². The molecular weight excluding hydrogens is 366 g/mol. The Labute approximate surface area is 163 Å². The van der Waals surface area contributed by atoms with Crippen molar-refractivity contribution in [2.24, 2.45) is 5.41 Å². The van der Waals surface area contributed by atoms with E-state index in [0.717, 1.165) is 25.1 Å². The lowest BCUT2D eigenvalue weighted by atomic mass is 9.94. The quantitative estimate of drug-likeness (QED) is 0.837. The number of fused-ring (bicyclic) bond motifs is 1. The molecule has 1 aliphatic rings. The lowest BCUT2D eigenvalue weighted by molar-refractivity contribution is -0.127. The van der Waals surface area contributed by atoms with Gasteiger partial charge in [0.15, 0.2) is 0 Å². The van der Waals surface area contributed by atoms with Crippen molar-refractivity contribution in [2.45, 2.75) is 32.9 Å². The predicted molar refractivity (Wildman–Crippen MR) is 105 cm³/mol. The number of amides is 1. The van der Waals surface area contributed by atoms with E-state index in [1.807, 2.05) is 35.6 Å². The van der Waals surface area contributed by atoms with Gasteiger partial charge in [-0.1, -0.05) is 23.7 Å². The Hall–Kier alpha value is -1.87. The van der Waals surface area contributed by atoms with Gasteiger partial charge in [0.1, 0.15) is 5.41 Å². The molecule has 6 heteroatoms. The van der Waals surface area contributed by atoms with Gasteiger partial charge in [-0.3, -0.25) is 9.69 Å². The lowest BCUT2D eigenvalue weighted by Crippen LogP contribution is -2.43. The number of nitrogens with one attached hydrogen (secondary N) is 1. The van der Waals surface area contributed by atoms with Crippen LogP contribution in [0.5, 0.6) is 0 Å². The van der Waals surface area contributed by atoms with Gasteiger partial charge in [-0.15, -0.1) is 11.3 Å². The maximum Gasteiger partial charge on any atom is 0.239 e. The van der Waals surface area contributed by atoms with Crippen LogP contribution in [-0.2, 0) is 17.8 Å². The smallest absolute Gasteiger partial charge is 0.239 e. The van der Waals surface area contributed by atoms with Crippen LogP contribution in [-0.4, -0.2) is 23.9 Å². The van der Waals surface area contributed by atoms with Crippen molar-refractivity contribution < 1.29 is 4.79 Å². The van der Waals surface area contributed by atoms with E-state index >= 15 is 0 Å². The summed E-state index contributed by atoms with van der Waals surface area (Å²) < 4.78 is 0.